The molecule has 1 atom stereocenters. The molecule has 4 aromatic rings. The molecule has 0 bridgehead atoms. The summed E-state index contributed by atoms with van der Waals surface area (Å²) in [7, 11) is 1.49. The average molecular weight is 595 g/mol. The molecule has 12 heteroatoms. The van der Waals surface area contributed by atoms with Crippen LogP contribution in [0.5, 0.6) is 5.75 Å². The van der Waals surface area contributed by atoms with Crippen LogP contribution in [0, 0.1) is 5.82 Å². The number of methoxy groups -OCH3 is 1. The summed E-state index contributed by atoms with van der Waals surface area (Å²) in [5.74, 6) is 0.971. The number of nitrogen functional groups attached to an aromatic ring is 1. The summed E-state index contributed by atoms with van der Waals surface area (Å²) < 4.78 is 27.8. The summed E-state index contributed by atoms with van der Waals surface area (Å²) in [4.78, 5) is 11.7. The van der Waals surface area contributed by atoms with Crippen LogP contribution in [0.25, 0.3) is 22.4 Å². The molecule has 0 unspecified atom stereocenters. The van der Waals surface area contributed by atoms with E-state index in [2.05, 4.69) is 26.5 Å². The van der Waals surface area contributed by atoms with E-state index in [1.807, 2.05) is 23.1 Å². The normalized spacial score (nSPS) is 17.5. The lowest BCUT2D eigenvalue weighted by atomic mass is 10.0. The molecule has 0 spiro atoms. The fourth-order valence-corrected chi connectivity index (χ4v) is 5.63. The average Bonchev–Trinajstić information content (AvgIpc) is 3.49. The maximum absolute atomic E-state index is 14.8. The van der Waals surface area contributed by atoms with Gasteiger partial charge in [0, 0.05) is 67.6 Å². The second-order valence-electron chi connectivity index (χ2n) is 10.6. The van der Waals surface area contributed by atoms with Crippen LogP contribution in [0.15, 0.2) is 55.0 Å². The maximum atomic E-state index is 14.8. The van der Waals surface area contributed by atoms with Crippen molar-refractivity contribution in [3.8, 4) is 28.1 Å². The van der Waals surface area contributed by atoms with Gasteiger partial charge in [-0.2, -0.15) is 5.10 Å². The first-order chi connectivity index (χ1) is 20.0. The number of aromatic nitrogens is 4. The van der Waals surface area contributed by atoms with Gasteiger partial charge in [0.2, 0.25) is 0 Å². The molecule has 5 heterocycles. The minimum absolute atomic E-state index is 0. The number of halogens is 2. The summed E-state index contributed by atoms with van der Waals surface area (Å²) in [6, 6.07) is 10.5. The van der Waals surface area contributed by atoms with Crippen molar-refractivity contribution in [3.05, 3.63) is 60.8 Å². The van der Waals surface area contributed by atoms with Gasteiger partial charge in [-0.05, 0) is 49.9 Å². The van der Waals surface area contributed by atoms with Gasteiger partial charge in [0.1, 0.15) is 28.9 Å². The molecule has 0 aliphatic carbocycles. The number of hydrogen-bond acceptors (Lipinski definition) is 9. The minimum Gasteiger partial charge on any atom is -0.496 e. The van der Waals surface area contributed by atoms with Crippen molar-refractivity contribution in [2.75, 3.05) is 49.4 Å². The van der Waals surface area contributed by atoms with Crippen molar-refractivity contribution in [1.29, 1.82) is 0 Å². The quantitative estimate of drug-likeness (QED) is 0.265. The molecule has 2 fully saturated rings. The Labute approximate surface area is 250 Å². The van der Waals surface area contributed by atoms with E-state index in [1.54, 1.807) is 24.3 Å². The number of nitrogens with one attached hydrogen (secondary N) is 1. The summed E-state index contributed by atoms with van der Waals surface area (Å²) in [5, 5.41) is 7.98. The Bertz CT molecular complexity index is 1530. The summed E-state index contributed by atoms with van der Waals surface area (Å²) in [5.41, 5.74) is 16.5. The van der Waals surface area contributed by atoms with Crippen LogP contribution in [0.3, 0.4) is 0 Å². The topological polar surface area (TPSA) is 129 Å². The number of hydrogen-bond donors (Lipinski definition) is 3. The standard InChI is InChI=1S/C30H35FN8O2.ClH/c1-40-26-6-2-5-23(31)29(26)30-24(33)7-8-27(37-30)36-28-14-25(38-11-3-4-20(32)18-38)22(16-34-28)19-15-35-39(17-19)21-9-12-41-13-10-21;/h2,5-8,14-17,20-21H,3-4,9-13,18,32-33H2,1H3,(H,34,36,37);1H/t20-;/m0./s1. The van der Waals surface area contributed by atoms with Crippen LogP contribution < -0.4 is 26.4 Å². The van der Waals surface area contributed by atoms with E-state index in [-0.39, 0.29) is 24.0 Å². The summed E-state index contributed by atoms with van der Waals surface area (Å²) in [6.07, 6.45) is 9.78. The zero-order chi connectivity index (χ0) is 28.3. The van der Waals surface area contributed by atoms with Gasteiger partial charge >= 0.3 is 0 Å². The number of rotatable bonds is 7. The minimum atomic E-state index is -0.465. The second-order valence-corrected chi connectivity index (χ2v) is 10.6. The number of anilines is 4. The third kappa shape index (κ3) is 6.13. The van der Waals surface area contributed by atoms with E-state index in [9.17, 15) is 4.39 Å². The molecule has 10 nitrogen and oxygen atoms in total. The first-order valence-electron chi connectivity index (χ1n) is 14.0. The molecular weight excluding hydrogens is 559 g/mol. The van der Waals surface area contributed by atoms with E-state index in [4.69, 9.17) is 25.9 Å². The van der Waals surface area contributed by atoms with Crippen molar-refractivity contribution in [1.82, 2.24) is 19.7 Å². The van der Waals surface area contributed by atoms with Gasteiger partial charge in [-0.25, -0.2) is 14.4 Å². The van der Waals surface area contributed by atoms with Crippen LogP contribution in [-0.4, -0.2) is 59.2 Å². The predicted octanol–water partition coefficient (Wildman–Crippen LogP) is 5.18. The van der Waals surface area contributed by atoms with Crippen LogP contribution in [0.2, 0.25) is 0 Å². The smallest absolute Gasteiger partial charge is 0.136 e. The molecule has 2 saturated heterocycles. The lowest BCUT2D eigenvalue weighted by Gasteiger charge is -2.34. The van der Waals surface area contributed by atoms with Crippen molar-refractivity contribution in [3.63, 3.8) is 0 Å². The first kappa shape index (κ1) is 29.6. The molecule has 42 heavy (non-hydrogen) atoms. The summed E-state index contributed by atoms with van der Waals surface area (Å²) >= 11 is 0. The first-order valence-corrected chi connectivity index (χ1v) is 14.0. The van der Waals surface area contributed by atoms with Crippen molar-refractivity contribution >= 4 is 35.4 Å². The number of nitrogens with zero attached hydrogens (tertiary/aromatic N) is 5. The summed E-state index contributed by atoms with van der Waals surface area (Å²) in [6.45, 7) is 3.16. The Balaban J connectivity index is 0.00000353. The van der Waals surface area contributed by atoms with Crippen LogP contribution in [0.1, 0.15) is 31.7 Å². The molecule has 222 valence electrons. The van der Waals surface area contributed by atoms with Gasteiger partial charge in [-0.3, -0.25) is 4.68 Å². The van der Waals surface area contributed by atoms with Crippen molar-refractivity contribution in [2.45, 2.75) is 37.8 Å². The molecule has 3 aromatic heterocycles. The molecule has 1 aromatic carbocycles. The Morgan fingerprint density at radius 3 is 2.71 bits per heavy atom. The predicted molar refractivity (Wildman–Crippen MR) is 165 cm³/mol. The van der Waals surface area contributed by atoms with Crippen molar-refractivity contribution in [2.24, 2.45) is 5.73 Å². The van der Waals surface area contributed by atoms with E-state index in [0.29, 0.717) is 34.8 Å². The highest BCUT2D eigenvalue weighted by molar-refractivity contribution is 5.85. The number of nitrogens with two attached hydrogens (primary N) is 2. The lowest BCUT2D eigenvalue weighted by Crippen LogP contribution is -2.43. The second kappa shape index (κ2) is 12.9. The van der Waals surface area contributed by atoms with Crippen LogP contribution >= 0.6 is 12.4 Å². The largest absolute Gasteiger partial charge is 0.496 e. The van der Waals surface area contributed by atoms with Crippen LogP contribution in [-0.2, 0) is 4.74 Å². The van der Waals surface area contributed by atoms with Gasteiger partial charge in [-0.1, -0.05) is 6.07 Å². The zero-order valence-corrected chi connectivity index (χ0v) is 24.3. The molecule has 5 N–H and O–H groups in total. The molecule has 0 amide bonds. The number of pyridine rings is 2. The highest BCUT2D eigenvalue weighted by Crippen LogP contribution is 2.37. The Morgan fingerprint density at radius 1 is 1.10 bits per heavy atom. The molecule has 6 rings (SSSR count). The van der Waals surface area contributed by atoms with Gasteiger partial charge in [0.25, 0.3) is 0 Å². The van der Waals surface area contributed by atoms with E-state index >= 15 is 0 Å². The van der Waals surface area contributed by atoms with Gasteiger partial charge in [0.05, 0.1) is 30.6 Å². The number of benzene rings is 1. The maximum Gasteiger partial charge on any atom is 0.136 e. The number of piperidine rings is 1. The molecule has 2 aliphatic rings. The third-order valence-electron chi connectivity index (χ3n) is 7.77. The zero-order valence-electron chi connectivity index (χ0n) is 23.5. The Kier molecular flexibility index (Phi) is 9.10. The number of ether oxygens (including phenoxy) is 2. The third-order valence-corrected chi connectivity index (χ3v) is 7.77. The highest BCUT2D eigenvalue weighted by Gasteiger charge is 2.23. The molecule has 2 aliphatic heterocycles. The molecule has 0 radical (unpaired) electrons. The van der Waals surface area contributed by atoms with Crippen molar-refractivity contribution < 1.29 is 13.9 Å². The van der Waals surface area contributed by atoms with Crippen LogP contribution in [0.4, 0.5) is 27.4 Å². The van der Waals surface area contributed by atoms with Gasteiger partial charge in [-0.15, -0.1) is 12.4 Å². The fraction of sp³-hybridized carbons (Fsp3) is 0.367. The van der Waals surface area contributed by atoms with E-state index < -0.39 is 5.82 Å². The Hall–Kier alpha value is -3.93. The van der Waals surface area contributed by atoms with E-state index in [1.165, 1.54) is 13.2 Å². The highest BCUT2D eigenvalue weighted by atomic mass is 35.5. The fourth-order valence-electron chi connectivity index (χ4n) is 5.63. The van der Waals surface area contributed by atoms with E-state index in [0.717, 1.165) is 68.8 Å². The monoisotopic (exact) mass is 594 g/mol. The lowest BCUT2D eigenvalue weighted by molar-refractivity contribution is 0.0662. The molecule has 0 saturated carbocycles. The SMILES string of the molecule is COc1cccc(F)c1-c1nc(Nc2cc(N3CCC[C@H](N)C3)c(-c3cnn(C4CCOCC4)c3)cn2)ccc1N.Cl. The van der Waals surface area contributed by atoms with Gasteiger partial charge < -0.3 is 31.2 Å². The molecular formula is C30H36ClFN8O2. The Morgan fingerprint density at radius 2 is 1.93 bits per heavy atom. The van der Waals surface area contributed by atoms with Gasteiger partial charge in [0.15, 0.2) is 0 Å².